The molecular formula is C19H21N3O. The number of anilines is 1. The summed E-state index contributed by atoms with van der Waals surface area (Å²) in [6.45, 7) is 5.68. The molecule has 0 unspecified atom stereocenters. The summed E-state index contributed by atoms with van der Waals surface area (Å²) in [6.07, 6.45) is 3.39. The van der Waals surface area contributed by atoms with Crippen molar-refractivity contribution in [3.8, 4) is 0 Å². The highest BCUT2D eigenvalue weighted by molar-refractivity contribution is 5.98. The fourth-order valence-corrected chi connectivity index (χ4v) is 2.01. The molecular weight excluding hydrogens is 286 g/mol. The Labute approximate surface area is 136 Å². The average molecular weight is 307 g/mol. The van der Waals surface area contributed by atoms with Crippen LogP contribution >= 0.6 is 0 Å². The minimum atomic E-state index is -0.339. The van der Waals surface area contributed by atoms with E-state index in [9.17, 15) is 4.79 Å². The molecule has 0 bridgehead atoms. The van der Waals surface area contributed by atoms with Gasteiger partial charge in [0.2, 0.25) is 0 Å². The Hall–Kier alpha value is -2.75. The normalized spacial score (nSPS) is 10.7. The maximum Gasteiger partial charge on any atom is 0.186 e. The van der Waals surface area contributed by atoms with Crippen LogP contribution in [0.2, 0.25) is 0 Å². The van der Waals surface area contributed by atoms with E-state index < -0.39 is 0 Å². The van der Waals surface area contributed by atoms with E-state index in [0.29, 0.717) is 5.69 Å². The SMILES string of the molecule is CC(C)(C)C(=O)c1ccccn1.Nc1cccc2cccnc12. The molecule has 2 N–H and O–H groups in total. The van der Waals surface area contributed by atoms with Crippen molar-refractivity contribution in [2.75, 3.05) is 5.73 Å². The van der Waals surface area contributed by atoms with E-state index >= 15 is 0 Å². The van der Waals surface area contributed by atoms with Gasteiger partial charge >= 0.3 is 0 Å². The van der Waals surface area contributed by atoms with Gasteiger partial charge in [0, 0.05) is 23.2 Å². The topological polar surface area (TPSA) is 68.9 Å². The fraction of sp³-hybridized carbons (Fsp3) is 0.211. The summed E-state index contributed by atoms with van der Waals surface area (Å²) in [5, 5.41) is 1.09. The molecule has 23 heavy (non-hydrogen) atoms. The minimum Gasteiger partial charge on any atom is -0.397 e. The number of para-hydroxylation sites is 1. The first-order chi connectivity index (χ1) is 10.9. The molecule has 0 spiro atoms. The van der Waals surface area contributed by atoms with Gasteiger partial charge in [-0.05, 0) is 24.3 Å². The molecule has 0 aliphatic rings. The van der Waals surface area contributed by atoms with Gasteiger partial charge in [-0.15, -0.1) is 0 Å². The summed E-state index contributed by atoms with van der Waals surface area (Å²) in [6, 6.07) is 15.1. The van der Waals surface area contributed by atoms with Crippen LogP contribution in [0.15, 0.2) is 60.9 Å². The summed E-state index contributed by atoms with van der Waals surface area (Å²) in [7, 11) is 0. The number of aromatic nitrogens is 2. The number of nitrogens with two attached hydrogens (primary N) is 1. The van der Waals surface area contributed by atoms with E-state index in [4.69, 9.17) is 5.73 Å². The zero-order chi connectivity index (χ0) is 16.9. The quantitative estimate of drug-likeness (QED) is 0.542. The number of nitrogen functional groups attached to an aromatic ring is 1. The Morgan fingerprint density at radius 2 is 1.61 bits per heavy atom. The van der Waals surface area contributed by atoms with Crippen LogP contribution in [0.1, 0.15) is 31.3 Å². The first-order valence-electron chi connectivity index (χ1n) is 7.44. The first kappa shape index (κ1) is 16.6. The monoisotopic (exact) mass is 307 g/mol. The van der Waals surface area contributed by atoms with Gasteiger partial charge in [0.05, 0.1) is 11.2 Å². The van der Waals surface area contributed by atoms with Crippen LogP contribution < -0.4 is 5.73 Å². The van der Waals surface area contributed by atoms with Crippen molar-refractivity contribution in [1.82, 2.24) is 9.97 Å². The molecule has 0 aliphatic heterocycles. The number of ketones is 1. The highest BCUT2D eigenvalue weighted by Crippen LogP contribution is 2.19. The van der Waals surface area contributed by atoms with E-state index in [1.54, 1.807) is 24.5 Å². The molecule has 3 rings (SSSR count). The van der Waals surface area contributed by atoms with Crippen LogP contribution in [0, 0.1) is 5.41 Å². The van der Waals surface area contributed by atoms with Crippen LogP contribution in [-0.4, -0.2) is 15.8 Å². The Bertz CT molecular complexity index is 787. The maximum absolute atomic E-state index is 11.6. The van der Waals surface area contributed by atoms with Crippen LogP contribution in [0.4, 0.5) is 5.69 Å². The predicted octanol–water partition coefficient (Wildman–Crippen LogP) is 4.13. The van der Waals surface area contributed by atoms with E-state index in [0.717, 1.165) is 16.6 Å². The van der Waals surface area contributed by atoms with Gasteiger partial charge in [0.15, 0.2) is 5.78 Å². The lowest BCUT2D eigenvalue weighted by Crippen LogP contribution is -2.21. The van der Waals surface area contributed by atoms with E-state index in [1.807, 2.05) is 57.2 Å². The summed E-state index contributed by atoms with van der Waals surface area (Å²) in [5.74, 6) is 0.0862. The van der Waals surface area contributed by atoms with Crippen LogP contribution in [0.25, 0.3) is 10.9 Å². The minimum absolute atomic E-state index is 0.0862. The molecule has 0 radical (unpaired) electrons. The molecule has 0 aliphatic carbocycles. The highest BCUT2D eigenvalue weighted by atomic mass is 16.1. The van der Waals surface area contributed by atoms with Crippen LogP contribution in [-0.2, 0) is 0 Å². The zero-order valence-electron chi connectivity index (χ0n) is 13.7. The summed E-state index contributed by atoms with van der Waals surface area (Å²) in [5.41, 5.74) is 7.52. The molecule has 1 aromatic carbocycles. The Balaban J connectivity index is 0.000000167. The number of nitrogens with zero attached hydrogens (tertiary/aromatic N) is 2. The number of Topliss-reactive ketones (excluding diaryl/α,β-unsaturated/α-hetero) is 1. The van der Waals surface area contributed by atoms with Crippen LogP contribution in [0.3, 0.4) is 0 Å². The fourth-order valence-electron chi connectivity index (χ4n) is 2.01. The Kier molecular flexibility index (Phi) is 5.06. The van der Waals surface area contributed by atoms with Gasteiger partial charge in [-0.3, -0.25) is 14.8 Å². The summed E-state index contributed by atoms with van der Waals surface area (Å²) < 4.78 is 0. The molecule has 2 aromatic heterocycles. The lowest BCUT2D eigenvalue weighted by atomic mass is 9.89. The van der Waals surface area contributed by atoms with Crippen LogP contribution in [0.5, 0.6) is 0 Å². The first-order valence-corrected chi connectivity index (χ1v) is 7.44. The second-order valence-corrected chi connectivity index (χ2v) is 6.22. The molecule has 0 amide bonds. The van der Waals surface area contributed by atoms with E-state index in [2.05, 4.69) is 9.97 Å². The molecule has 2 heterocycles. The third-order valence-electron chi connectivity index (χ3n) is 3.24. The molecule has 0 saturated carbocycles. The third-order valence-corrected chi connectivity index (χ3v) is 3.24. The second kappa shape index (κ2) is 7.01. The van der Waals surface area contributed by atoms with Crippen molar-refractivity contribution < 1.29 is 4.79 Å². The number of hydrogen-bond donors (Lipinski definition) is 1. The molecule has 118 valence electrons. The molecule has 0 saturated heterocycles. The smallest absolute Gasteiger partial charge is 0.186 e. The molecule has 4 nitrogen and oxygen atoms in total. The molecule has 0 fully saturated rings. The second-order valence-electron chi connectivity index (χ2n) is 6.22. The number of pyridine rings is 2. The standard InChI is InChI=1S/C10H13NO.C9H8N2/c1-10(2,3)9(12)8-6-4-5-7-11-8;10-8-5-1-3-7-4-2-6-11-9(7)8/h4-7H,1-3H3;1-6H,10H2. The number of carbonyl (C=O) groups excluding carboxylic acids is 1. The number of carbonyl (C=O) groups is 1. The van der Waals surface area contributed by atoms with Gasteiger partial charge in [0.1, 0.15) is 5.69 Å². The van der Waals surface area contributed by atoms with Gasteiger partial charge in [-0.1, -0.05) is 45.0 Å². The van der Waals surface area contributed by atoms with E-state index in [1.165, 1.54) is 0 Å². The van der Waals surface area contributed by atoms with Gasteiger partial charge in [-0.2, -0.15) is 0 Å². The van der Waals surface area contributed by atoms with Crippen molar-refractivity contribution in [3.05, 3.63) is 66.6 Å². The zero-order valence-corrected chi connectivity index (χ0v) is 13.7. The number of hydrogen-bond acceptors (Lipinski definition) is 4. The number of rotatable bonds is 1. The molecule has 4 heteroatoms. The van der Waals surface area contributed by atoms with Gasteiger partial charge in [-0.25, -0.2) is 0 Å². The predicted molar refractivity (Wildman–Crippen MR) is 94.2 cm³/mol. The van der Waals surface area contributed by atoms with Gasteiger partial charge < -0.3 is 5.73 Å². The molecule has 0 atom stereocenters. The highest BCUT2D eigenvalue weighted by Gasteiger charge is 2.23. The summed E-state index contributed by atoms with van der Waals surface area (Å²) >= 11 is 0. The lowest BCUT2D eigenvalue weighted by Gasteiger charge is -2.15. The van der Waals surface area contributed by atoms with Crippen molar-refractivity contribution >= 4 is 22.4 Å². The van der Waals surface area contributed by atoms with Crippen molar-refractivity contribution in [2.24, 2.45) is 5.41 Å². The summed E-state index contributed by atoms with van der Waals surface area (Å²) in [4.78, 5) is 19.8. The maximum atomic E-state index is 11.6. The van der Waals surface area contributed by atoms with Crippen molar-refractivity contribution in [3.63, 3.8) is 0 Å². The largest absolute Gasteiger partial charge is 0.397 e. The molecule has 3 aromatic rings. The number of fused-ring (bicyclic) bond motifs is 1. The van der Waals surface area contributed by atoms with Gasteiger partial charge in [0.25, 0.3) is 0 Å². The third kappa shape index (κ3) is 4.36. The van der Waals surface area contributed by atoms with E-state index in [-0.39, 0.29) is 11.2 Å². The Morgan fingerprint density at radius 1 is 0.913 bits per heavy atom. The Morgan fingerprint density at radius 3 is 2.22 bits per heavy atom. The average Bonchev–Trinajstić information content (AvgIpc) is 2.55. The lowest BCUT2D eigenvalue weighted by molar-refractivity contribution is 0.0853. The van der Waals surface area contributed by atoms with Crippen molar-refractivity contribution in [1.29, 1.82) is 0 Å². The number of benzene rings is 1. The van der Waals surface area contributed by atoms with Crippen molar-refractivity contribution in [2.45, 2.75) is 20.8 Å².